The lowest BCUT2D eigenvalue weighted by Crippen LogP contribution is -2.11. The molecule has 7 heteroatoms. The molecule has 0 saturated carbocycles. The molecule has 150 valence electrons. The summed E-state index contributed by atoms with van der Waals surface area (Å²) in [6.45, 7) is 1.34. The lowest BCUT2D eigenvalue weighted by molar-refractivity contribution is 0.0325. The van der Waals surface area contributed by atoms with Crippen LogP contribution in [0.15, 0.2) is 53.8 Å². The Morgan fingerprint density at radius 2 is 1.39 bits per heavy atom. The molecule has 0 heterocycles. The molecule has 6 nitrogen and oxygen atoms in total. The van der Waals surface area contributed by atoms with Gasteiger partial charge in [0.25, 0.3) is 0 Å². The van der Waals surface area contributed by atoms with E-state index < -0.39 is 6.67 Å². The van der Waals surface area contributed by atoms with Crippen molar-refractivity contribution in [3.8, 4) is 5.75 Å². The van der Waals surface area contributed by atoms with Crippen LogP contribution in [-0.2, 0) is 9.47 Å². The molecule has 2 aromatic rings. The van der Waals surface area contributed by atoms with Crippen LogP contribution in [0, 0.1) is 4.91 Å². The van der Waals surface area contributed by atoms with E-state index in [4.69, 9.17) is 14.2 Å². The summed E-state index contributed by atoms with van der Waals surface area (Å²) in [6.07, 6.45) is 3.99. The number of nitrogens with zero attached hydrogens (tertiary/aromatic N) is 2. The normalized spacial score (nSPS) is 10.9. The van der Waals surface area contributed by atoms with Gasteiger partial charge in [0.1, 0.15) is 19.0 Å². The number of rotatable bonds is 13. The van der Waals surface area contributed by atoms with Gasteiger partial charge in [-0.3, -0.25) is 0 Å². The highest BCUT2D eigenvalue weighted by Gasteiger charge is 1.99. The van der Waals surface area contributed by atoms with Crippen LogP contribution in [0.4, 0.5) is 10.1 Å². The van der Waals surface area contributed by atoms with Crippen LogP contribution in [0.3, 0.4) is 0 Å². The minimum absolute atomic E-state index is 0.112. The number of benzene rings is 2. The van der Waals surface area contributed by atoms with E-state index in [9.17, 15) is 9.30 Å². The number of anilines is 1. The highest BCUT2D eigenvalue weighted by Crippen LogP contribution is 2.17. The molecule has 0 N–H and O–H groups in total. The maximum atomic E-state index is 11.8. The molecule has 2 rings (SSSR count). The molecule has 0 amide bonds. The second-order valence-electron chi connectivity index (χ2n) is 5.86. The highest BCUT2D eigenvalue weighted by atomic mass is 18.2. The average Bonchev–Trinajstić information content (AvgIpc) is 2.75. The smallest absolute Gasteiger partial charge is 0.119 e. The first-order valence-electron chi connectivity index (χ1n) is 9.02. The first-order chi connectivity index (χ1) is 13.7. The van der Waals surface area contributed by atoms with Crippen LogP contribution in [-0.4, -0.2) is 46.8 Å². The fraction of sp³-hybridized carbons (Fsp3) is 0.333. The number of halogens is 1. The van der Waals surface area contributed by atoms with Crippen LogP contribution in [0.5, 0.6) is 5.75 Å². The van der Waals surface area contributed by atoms with Crippen LogP contribution in [0.2, 0.25) is 0 Å². The molecule has 0 radical (unpaired) electrons. The lowest BCUT2D eigenvalue weighted by atomic mass is 10.1. The Labute approximate surface area is 164 Å². The van der Waals surface area contributed by atoms with E-state index in [-0.39, 0.29) is 6.61 Å². The number of hydrogen-bond acceptors (Lipinski definition) is 5. The molecule has 2 aromatic carbocycles. The van der Waals surface area contributed by atoms with Crippen molar-refractivity contribution in [3.05, 3.63) is 64.6 Å². The quantitative estimate of drug-likeness (QED) is 0.221. The standard InChI is InChI=1S/C21H25FN2O4/c1-24(23-25)20-8-4-18(5-9-20)2-3-19-6-10-21(11-7-19)28-17-16-27-15-14-26-13-12-22/h2-11H,12-17H2,1H3/b3-2+/i22-1. The molecule has 28 heavy (non-hydrogen) atoms. The minimum Gasteiger partial charge on any atom is -0.491 e. The molecule has 0 aliphatic rings. The monoisotopic (exact) mass is 387 g/mol. The maximum Gasteiger partial charge on any atom is 0.119 e. The Morgan fingerprint density at radius 1 is 0.857 bits per heavy atom. The summed E-state index contributed by atoms with van der Waals surface area (Å²) >= 11 is 0. The van der Waals surface area contributed by atoms with Crippen molar-refractivity contribution < 1.29 is 18.6 Å². The van der Waals surface area contributed by atoms with Crippen LogP contribution >= 0.6 is 0 Å². The largest absolute Gasteiger partial charge is 0.491 e. The summed E-state index contributed by atoms with van der Waals surface area (Å²) in [4.78, 5) is 10.5. The fourth-order valence-corrected chi connectivity index (χ4v) is 2.31. The first kappa shape index (κ1) is 21.5. The SMILES string of the molecule is CN(N=O)c1ccc(/C=C/c2ccc(OCCOCCOCC[18F])cc2)cc1. The van der Waals surface area contributed by atoms with Crippen molar-refractivity contribution in [2.45, 2.75) is 0 Å². The third-order valence-corrected chi connectivity index (χ3v) is 3.83. The number of nitroso groups, excluding NO2 is 1. The van der Waals surface area contributed by atoms with Crippen molar-refractivity contribution in [2.24, 2.45) is 5.29 Å². The summed E-state index contributed by atoms with van der Waals surface area (Å²) in [6, 6.07) is 15.3. The van der Waals surface area contributed by atoms with Gasteiger partial charge in [0.05, 0.1) is 37.4 Å². The summed E-state index contributed by atoms with van der Waals surface area (Å²) in [5.74, 6) is 0.767. The topological polar surface area (TPSA) is 60.4 Å². The molecule has 0 fully saturated rings. The van der Waals surface area contributed by atoms with Crippen LogP contribution < -0.4 is 9.75 Å². The van der Waals surface area contributed by atoms with E-state index in [1.165, 1.54) is 5.01 Å². The van der Waals surface area contributed by atoms with Gasteiger partial charge in [0.15, 0.2) is 0 Å². The van der Waals surface area contributed by atoms with Gasteiger partial charge < -0.3 is 14.2 Å². The Kier molecular flexibility index (Phi) is 9.68. The minimum atomic E-state index is -0.475. The summed E-state index contributed by atoms with van der Waals surface area (Å²) < 4.78 is 27.7. The zero-order valence-electron chi connectivity index (χ0n) is 15.9. The summed E-state index contributed by atoms with van der Waals surface area (Å²) in [5.41, 5.74) is 2.81. The molecular formula is C21H25FN2O4. The van der Waals surface area contributed by atoms with E-state index in [1.54, 1.807) is 7.05 Å². The third-order valence-electron chi connectivity index (χ3n) is 3.83. The Bertz CT molecular complexity index is 720. The van der Waals surface area contributed by atoms with E-state index in [0.717, 1.165) is 22.6 Å². The van der Waals surface area contributed by atoms with Gasteiger partial charge in [-0.05, 0) is 35.4 Å². The summed E-state index contributed by atoms with van der Waals surface area (Å²) in [5, 5.41) is 4.14. The van der Waals surface area contributed by atoms with Gasteiger partial charge >= 0.3 is 0 Å². The maximum absolute atomic E-state index is 11.8. The first-order valence-corrected chi connectivity index (χ1v) is 9.02. The number of ether oxygens (including phenoxy) is 3. The second kappa shape index (κ2) is 12.6. The van der Waals surface area contributed by atoms with E-state index in [0.29, 0.717) is 26.4 Å². The van der Waals surface area contributed by atoms with Crippen molar-refractivity contribution >= 4 is 17.8 Å². The van der Waals surface area contributed by atoms with Gasteiger partial charge in [0, 0.05) is 7.05 Å². The molecule has 0 aliphatic heterocycles. The van der Waals surface area contributed by atoms with Crippen LogP contribution in [0.1, 0.15) is 11.1 Å². The molecule has 0 saturated heterocycles. The number of hydrogen-bond donors (Lipinski definition) is 0. The zero-order valence-corrected chi connectivity index (χ0v) is 15.9. The average molecular weight is 387 g/mol. The van der Waals surface area contributed by atoms with Gasteiger partial charge in [-0.2, -0.15) is 0 Å². The molecule has 0 unspecified atom stereocenters. The lowest BCUT2D eigenvalue weighted by Gasteiger charge is -2.08. The van der Waals surface area contributed by atoms with Crippen molar-refractivity contribution in [2.75, 3.05) is 51.8 Å². The zero-order chi connectivity index (χ0) is 20.0. The molecule has 0 spiro atoms. The molecular weight excluding hydrogens is 362 g/mol. The third kappa shape index (κ3) is 7.85. The Hall–Kier alpha value is -2.77. The van der Waals surface area contributed by atoms with Gasteiger partial charge in [-0.15, -0.1) is 4.91 Å². The summed E-state index contributed by atoms with van der Waals surface area (Å²) in [7, 11) is 1.61. The Balaban J connectivity index is 1.72. The van der Waals surface area contributed by atoms with Crippen molar-refractivity contribution in [1.29, 1.82) is 0 Å². The van der Waals surface area contributed by atoms with Gasteiger partial charge in [-0.1, -0.05) is 36.4 Å². The predicted molar refractivity (Wildman–Crippen MR) is 109 cm³/mol. The predicted octanol–water partition coefficient (Wildman–Crippen LogP) is 4.36. The molecule has 0 atom stereocenters. The molecule has 0 aromatic heterocycles. The highest BCUT2D eigenvalue weighted by molar-refractivity contribution is 5.70. The molecule has 0 aliphatic carbocycles. The van der Waals surface area contributed by atoms with Crippen molar-refractivity contribution in [1.82, 2.24) is 0 Å². The van der Waals surface area contributed by atoms with Crippen LogP contribution in [0.25, 0.3) is 12.2 Å². The fourth-order valence-electron chi connectivity index (χ4n) is 2.31. The van der Waals surface area contributed by atoms with E-state index in [1.807, 2.05) is 60.7 Å². The van der Waals surface area contributed by atoms with Gasteiger partial charge in [0.2, 0.25) is 0 Å². The number of alkyl halides is 1. The second-order valence-corrected chi connectivity index (χ2v) is 5.86. The molecule has 0 bridgehead atoms. The van der Waals surface area contributed by atoms with Crippen molar-refractivity contribution in [3.63, 3.8) is 0 Å². The van der Waals surface area contributed by atoms with Gasteiger partial charge in [-0.25, -0.2) is 9.40 Å². The van der Waals surface area contributed by atoms with E-state index in [2.05, 4.69) is 5.29 Å². The van der Waals surface area contributed by atoms with E-state index >= 15 is 0 Å². The Morgan fingerprint density at radius 3 is 1.96 bits per heavy atom.